The molecule has 0 amide bonds. The molecule has 5 heteroatoms. The van der Waals surface area contributed by atoms with Crippen LogP contribution in [-0.2, 0) is 4.74 Å². The molecular formula is C15H15FN2O2. The largest absolute Gasteiger partial charge is 0.390 e. The average Bonchev–Trinajstić information content (AvgIpc) is 3.01. The first kappa shape index (κ1) is 12.1. The molecule has 1 aromatic heterocycles. The van der Waals surface area contributed by atoms with Crippen LogP contribution in [0.4, 0.5) is 4.39 Å². The third kappa shape index (κ3) is 1.57. The molecule has 0 spiro atoms. The van der Waals surface area contributed by atoms with Crippen molar-refractivity contribution in [2.45, 2.75) is 18.6 Å². The topological polar surface area (TPSA) is 47.3 Å². The summed E-state index contributed by atoms with van der Waals surface area (Å²) in [6, 6.07) is 4.92. The third-order valence-electron chi connectivity index (χ3n) is 4.37. The van der Waals surface area contributed by atoms with E-state index >= 15 is 0 Å². The van der Waals surface area contributed by atoms with Gasteiger partial charge < -0.3 is 14.4 Å². The minimum Gasteiger partial charge on any atom is -0.390 e. The Labute approximate surface area is 115 Å². The zero-order valence-corrected chi connectivity index (χ0v) is 10.9. The Morgan fingerprint density at radius 2 is 2.30 bits per heavy atom. The number of hydrogen-bond acceptors (Lipinski definition) is 3. The van der Waals surface area contributed by atoms with Gasteiger partial charge >= 0.3 is 0 Å². The van der Waals surface area contributed by atoms with Crippen molar-refractivity contribution in [1.82, 2.24) is 9.55 Å². The second kappa shape index (κ2) is 4.40. The molecule has 0 unspecified atom stereocenters. The van der Waals surface area contributed by atoms with E-state index in [0.29, 0.717) is 18.8 Å². The summed E-state index contributed by atoms with van der Waals surface area (Å²) >= 11 is 0. The molecule has 0 aliphatic carbocycles. The summed E-state index contributed by atoms with van der Waals surface area (Å²) in [6.45, 7) is 0.918. The number of hydrogen-bond donors (Lipinski definition) is 1. The van der Waals surface area contributed by atoms with Crippen LogP contribution in [0.5, 0.6) is 0 Å². The predicted octanol–water partition coefficient (Wildman–Crippen LogP) is 1.99. The van der Waals surface area contributed by atoms with E-state index in [1.165, 1.54) is 6.07 Å². The van der Waals surface area contributed by atoms with E-state index in [9.17, 15) is 9.50 Å². The van der Waals surface area contributed by atoms with Crippen LogP contribution >= 0.6 is 0 Å². The molecule has 1 aromatic carbocycles. The Kier molecular flexibility index (Phi) is 2.65. The van der Waals surface area contributed by atoms with Crippen LogP contribution in [0.3, 0.4) is 0 Å². The summed E-state index contributed by atoms with van der Waals surface area (Å²) in [5.41, 5.74) is 2.48. The number of aromatic nitrogens is 2. The molecule has 1 fully saturated rings. The van der Waals surface area contributed by atoms with E-state index in [-0.39, 0.29) is 17.8 Å². The van der Waals surface area contributed by atoms with Crippen LogP contribution in [0.25, 0.3) is 11.3 Å². The Morgan fingerprint density at radius 3 is 3.15 bits per heavy atom. The summed E-state index contributed by atoms with van der Waals surface area (Å²) in [5, 5.41) is 10.2. The number of aliphatic hydroxyl groups is 1. The Hall–Kier alpha value is -1.72. The molecule has 20 heavy (non-hydrogen) atoms. The van der Waals surface area contributed by atoms with Crippen molar-refractivity contribution < 1.29 is 14.2 Å². The molecule has 0 bridgehead atoms. The average molecular weight is 274 g/mol. The molecule has 4 rings (SSSR count). The van der Waals surface area contributed by atoms with Gasteiger partial charge in [0.15, 0.2) is 0 Å². The standard InChI is InChI=1S/C15H15FN2O2/c16-11-3-1-2-9-12-6-17-8-18(12)15(14(9)11)10-4-5-20-7-13(10)19/h1-3,6,8,10,13,15,19H,4-5,7H2/t10-,13-,15-/m1/s1. The van der Waals surface area contributed by atoms with Crippen molar-refractivity contribution in [3.63, 3.8) is 0 Å². The maximum atomic E-state index is 14.3. The van der Waals surface area contributed by atoms with Gasteiger partial charge in [0.2, 0.25) is 0 Å². The molecule has 3 atom stereocenters. The van der Waals surface area contributed by atoms with E-state index < -0.39 is 6.10 Å². The van der Waals surface area contributed by atoms with Crippen LogP contribution in [0.1, 0.15) is 18.0 Å². The fraction of sp³-hybridized carbons (Fsp3) is 0.400. The van der Waals surface area contributed by atoms with Gasteiger partial charge in [-0.3, -0.25) is 0 Å². The molecule has 4 nitrogen and oxygen atoms in total. The number of aliphatic hydroxyl groups excluding tert-OH is 1. The smallest absolute Gasteiger partial charge is 0.129 e. The highest BCUT2D eigenvalue weighted by molar-refractivity contribution is 5.69. The number of rotatable bonds is 1. The van der Waals surface area contributed by atoms with E-state index in [0.717, 1.165) is 17.7 Å². The van der Waals surface area contributed by atoms with Gasteiger partial charge in [0.05, 0.1) is 37.0 Å². The second-order valence-corrected chi connectivity index (χ2v) is 5.43. The van der Waals surface area contributed by atoms with Crippen LogP contribution in [-0.4, -0.2) is 34.0 Å². The lowest BCUT2D eigenvalue weighted by molar-refractivity contribution is -0.0543. The van der Waals surface area contributed by atoms with E-state index in [4.69, 9.17) is 4.74 Å². The maximum Gasteiger partial charge on any atom is 0.129 e. The first-order valence-corrected chi connectivity index (χ1v) is 6.84. The summed E-state index contributed by atoms with van der Waals surface area (Å²) in [4.78, 5) is 4.17. The van der Waals surface area contributed by atoms with E-state index in [1.807, 2.05) is 10.6 Å². The van der Waals surface area contributed by atoms with Crippen molar-refractivity contribution in [3.05, 3.63) is 42.1 Å². The van der Waals surface area contributed by atoms with Gasteiger partial charge in [-0.05, 0) is 12.5 Å². The van der Waals surface area contributed by atoms with Gasteiger partial charge in [0, 0.05) is 23.7 Å². The lowest BCUT2D eigenvalue weighted by atomic mass is 9.85. The van der Waals surface area contributed by atoms with Crippen molar-refractivity contribution in [1.29, 1.82) is 0 Å². The molecule has 1 N–H and O–H groups in total. The number of nitrogens with zero attached hydrogens (tertiary/aromatic N) is 2. The third-order valence-corrected chi connectivity index (χ3v) is 4.37. The van der Waals surface area contributed by atoms with E-state index in [2.05, 4.69) is 4.98 Å². The molecule has 104 valence electrons. The number of ether oxygens (including phenoxy) is 1. The van der Waals surface area contributed by atoms with Crippen LogP contribution in [0.2, 0.25) is 0 Å². The van der Waals surface area contributed by atoms with Gasteiger partial charge in [0.1, 0.15) is 5.82 Å². The molecule has 0 radical (unpaired) electrons. The predicted molar refractivity (Wildman–Crippen MR) is 70.7 cm³/mol. The first-order valence-electron chi connectivity index (χ1n) is 6.84. The Balaban J connectivity index is 1.88. The maximum absolute atomic E-state index is 14.3. The molecule has 2 aliphatic heterocycles. The lowest BCUT2D eigenvalue weighted by Crippen LogP contribution is -2.37. The molecule has 3 heterocycles. The van der Waals surface area contributed by atoms with Crippen molar-refractivity contribution in [2.24, 2.45) is 5.92 Å². The second-order valence-electron chi connectivity index (χ2n) is 5.43. The summed E-state index contributed by atoms with van der Waals surface area (Å²) in [6.07, 6.45) is 3.62. The molecule has 2 aromatic rings. The zero-order valence-electron chi connectivity index (χ0n) is 10.9. The van der Waals surface area contributed by atoms with Gasteiger partial charge in [-0.1, -0.05) is 12.1 Å². The first-order chi connectivity index (χ1) is 9.77. The number of imidazole rings is 1. The Bertz CT molecular complexity index is 655. The van der Waals surface area contributed by atoms with Gasteiger partial charge in [-0.25, -0.2) is 9.37 Å². The summed E-state index contributed by atoms with van der Waals surface area (Å²) in [7, 11) is 0. The number of benzene rings is 1. The zero-order chi connectivity index (χ0) is 13.7. The monoisotopic (exact) mass is 274 g/mol. The minimum atomic E-state index is -0.574. The normalized spacial score (nSPS) is 28.2. The van der Waals surface area contributed by atoms with Crippen molar-refractivity contribution in [3.8, 4) is 11.3 Å². The van der Waals surface area contributed by atoms with Crippen LogP contribution in [0, 0.1) is 11.7 Å². The SMILES string of the molecule is O[C@@H]1COCC[C@H]1[C@@H]1c2c(F)cccc2-c2cncn21. The fourth-order valence-electron chi connectivity index (χ4n) is 3.46. The number of halogens is 1. The van der Waals surface area contributed by atoms with Gasteiger partial charge in [0.25, 0.3) is 0 Å². The van der Waals surface area contributed by atoms with Crippen molar-refractivity contribution in [2.75, 3.05) is 13.2 Å². The van der Waals surface area contributed by atoms with Crippen LogP contribution in [0.15, 0.2) is 30.7 Å². The highest BCUT2D eigenvalue weighted by Crippen LogP contribution is 2.46. The van der Waals surface area contributed by atoms with Crippen molar-refractivity contribution >= 4 is 0 Å². The summed E-state index contributed by atoms with van der Waals surface area (Å²) in [5.74, 6) is -0.259. The molecule has 2 aliphatic rings. The summed E-state index contributed by atoms with van der Waals surface area (Å²) < 4.78 is 21.6. The quantitative estimate of drug-likeness (QED) is 0.865. The molecular weight excluding hydrogens is 259 g/mol. The fourth-order valence-corrected chi connectivity index (χ4v) is 3.46. The number of fused-ring (bicyclic) bond motifs is 3. The van der Waals surface area contributed by atoms with E-state index in [1.54, 1.807) is 18.6 Å². The molecule has 1 saturated heterocycles. The highest BCUT2D eigenvalue weighted by Gasteiger charge is 2.40. The lowest BCUT2D eigenvalue weighted by Gasteiger charge is -2.33. The minimum absolute atomic E-state index is 0.0464. The Morgan fingerprint density at radius 1 is 1.40 bits per heavy atom. The highest BCUT2D eigenvalue weighted by atomic mass is 19.1. The van der Waals surface area contributed by atoms with Gasteiger partial charge in [-0.15, -0.1) is 0 Å². The van der Waals surface area contributed by atoms with Gasteiger partial charge in [-0.2, -0.15) is 0 Å². The van der Waals surface area contributed by atoms with Crippen LogP contribution < -0.4 is 0 Å². The molecule has 0 saturated carbocycles.